The largest absolute Gasteiger partial charge is 0.348 e. The molecule has 0 fully saturated rings. The summed E-state index contributed by atoms with van der Waals surface area (Å²) in [5, 5.41) is 0. The molecule has 90 valence electrons. The van der Waals surface area contributed by atoms with Crippen molar-refractivity contribution >= 4 is 23.0 Å². The van der Waals surface area contributed by atoms with Gasteiger partial charge in [-0.15, -0.1) is 0 Å². The minimum Gasteiger partial charge on any atom is -0.348 e. The van der Waals surface area contributed by atoms with E-state index in [1.807, 2.05) is 44.3 Å². The number of nitrogens with one attached hydrogen (secondary N) is 1. The molecular weight excluding hydrogens is 224 g/mol. The van der Waals surface area contributed by atoms with Crippen molar-refractivity contribution in [3.05, 3.63) is 53.7 Å². The number of hydrogen-bond acceptors (Lipinski definition) is 1. The molecule has 2 aromatic rings. The Hall–Kier alpha value is -2.29. The fourth-order valence-corrected chi connectivity index (χ4v) is 2.42. The highest BCUT2D eigenvalue weighted by molar-refractivity contribution is 6.34. The van der Waals surface area contributed by atoms with Gasteiger partial charge in [0.15, 0.2) is 0 Å². The summed E-state index contributed by atoms with van der Waals surface area (Å²) in [6, 6.07) is 7.78. The van der Waals surface area contributed by atoms with Crippen LogP contribution in [0.2, 0.25) is 0 Å². The molecule has 3 heteroatoms. The van der Waals surface area contributed by atoms with Crippen LogP contribution in [0.3, 0.4) is 0 Å². The van der Waals surface area contributed by atoms with Crippen LogP contribution in [0.1, 0.15) is 16.7 Å². The molecule has 18 heavy (non-hydrogen) atoms. The van der Waals surface area contributed by atoms with Crippen molar-refractivity contribution in [1.82, 2.24) is 4.98 Å². The van der Waals surface area contributed by atoms with E-state index in [2.05, 4.69) is 11.6 Å². The number of aryl methyl sites for hydroxylation is 1. The predicted octanol–water partition coefficient (Wildman–Crippen LogP) is 3.32. The maximum Gasteiger partial charge on any atom is 0.264 e. The molecule has 1 aliphatic heterocycles. The summed E-state index contributed by atoms with van der Waals surface area (Å²) in [6.07, 6.45) is 1.81. The lowest BCUT2D eigenvalue weighted by atomic mass is 9.99. The number of carbonyl (C=O) groups excluding carboxylic acids is 1. The quantitative estimate of drug-likeness (QED) is 0.760. The highest BCUT2D eigenvalue weighted by Crippen LogP contribution is 2.42. The average molecular weight is 238 g/mol. The molecule has 3 nitrogen and oxygen atoms in total. The number of hydrogen-bond donors (Lipinski definition) is 1. The van der Waals surface area contributed by atoms with Gasteiger partial charge in [-0.05, 0) is 43.2 Å². The number of aromatic amines is 1. The summed E-state index contributed by atoms with van der Waals surface area (Å²) in [4.78, 5) is 17.1. The Morgan fingerprint density at radius 1 is 1.22 bits per heavy atom. The first kappa shape index (κ1) is 10.8. The van der Waals surface area contributed by atoms with E-state index in [9.17, 15) is 4.79 Å². The summed E-state index contributed by atoms with van der Waals surface area (Å²) in [7, 11) is 0. The lowest BCUT2D eigenvalue weighted by Gasteiger charge is -2.15. The van der Waals surface area contributed by atoms with Gasteiger partial charge in [-0.2, -0.15) is 0 Å². The van der Waals surface area contributed by atoms with Gasteiger partial charge in [0, 0.05) is 17.3 Å². The number of H-pyrrole nitrogens is 1. The molecule has 1 aromatic heterocycles. The minimum absolute atomic E-state index is 0.0545. The Bertz CT molecular complexity index is 653. The zero-order valence-electron chi connectivity index (χ0n) is 10.4. The van der Waals surface area contributed by atoms with Crippen molar-refractivity contribution in [2.24, 2.45) is 0 Å². The van der Waals surface area contributed by atoms with Crippen molar-refractivity contribution < 1.29 is 4.79 Å². The Morgan fingerprint density at radius 3 is 2.67 bits per heavy atom. The molecule has 0 unspecified atom stereocenters. The second kappa shape index (κ2) is 3.60. The first-order valence-corrected chi connectivity index (χ1v) is 5.88. The number of benzene rings is 1. The monoisotopic (exact) mass is 238 g/mol. The third-order valence-corrected chi connectivity index (χ3v) is 3.54. The van der Waals surface area contributed by atoms with Crippen LogP contribution in [0.5, 0.6) is 0 Å². The smallest absolute Gasteiger partial charge is 0.264 e. The molecular formula is C15H14N2O. The van der Waals surface area contributed by atoms with Gasteiger partial charge in [0.1, 0.15) is 5.82 Å². The Labute approximate surface area is 106 Å². The van der Waals surface area contributed by atoms with E-state index >= 15 is 0 Å². The Kier molecular flexibility index (Phi) is 2.17. The zero-order valence-corrected chi connectivity index (χ0v) is 10.4. The normalized spacial score (nSPS) is 14.2. The van der Waals surface area contributed by atoms with E-state index in [-0.39, 0.29) is 5.91 Å². The molecule has 0 aliphatic carbocycles. The second-order valence-electron chi connectivity index (χ2n) is 4.58. The fraction of sp³-hybridized carbons (Fsp3) is 0.133. The van der Waals surface area contributed by atoms with E-state index in [0.717, 1.165) is 22.6 Å². The molecule has 0 atom stereocenters. The van der Waals surface area contributed by atoms with Crippen LogP contribution in [0.15, 0.2) is 37.0 Å². The summed E-state index contributed by atoms with van der Waals surface area (Å²) >= 11 is 0. The lowest BCUT2D eigenvalue weighted by Crippen LogP contribution is -2.20. The molecule has 1 N–H and O–H groups in total. The van der Waals surface area contributed by atoms with Crippen molar-refractivity contribution in [2.45, 2.75) is 13.8 Å². The topological polar surface area (TPSA) is 36.1 Å². The number of nitrogens with zero attached hydrogens (tertiary/aromatic N) is 1. The molecule has 0 saturated carbocycles. The molecule has 0 saturated heterocycles. The van der Waals surface area contributed by atoms with E-state index < -0.39 is 0 Å². The second-order valence-corrected chi connectivity index (χ2v) is 4.58. The highest BCUT2D eigenvalue weighted by Gasteiger charge is 2.34. The zero-order chi connectivity index (χ0) is 12.9. The number of carbonyl (C=O) groups is 1. The van der Waals surface area contributed by atoms with Crippen LogP contribution in [0, 0.1) is 13.8 Å². The number of rotatable bonds is 1. The van der Waals surface area contributed by atoms with Gasteiger partial charge in [-0.3, -0.25) is 9.69 Å². The SMILES string of the molecule is C=C1C(=O)N(c2ccc[nH]2)c2ccc(C)c(C)c21. The molecule has 3 rings (SSSR count). The maximum atomic E-state index is 12.3. The fourth-order valence-electron chi connectivity index (χ4n) is 2.42. The Morgan fingerprint density at radius 2 is 2.00 bits per heavy atom. The minimum atomic E-state index is -0.0545. The standard InChI is InChI=1S/C15H14N2O/c1-9-6-7-12-14(10(9)2)11(3)15(18)17(12)13-5-4-8-16-13/h4-8,16H,3H2,1-2H3. The van der Waals surface area contributed by atoms with Crippen LogP contribution in [0.4, 0.5) is 11.5 Å². The van der Waals surface area contributed by atoms with Crippen LogP contribution >= 0.6 is 0 Å². The number of fused-ring (bicyclic) bond motifs is 1. The van der Waals surface area contributed by atoms with E-state index in [0.29, 0.717) is 5.57 Å². The van der Waals surface area contributed by atoms with E-state index in [1.165, 1.54) is 5.56 Å². The molecule has 1 aliphatic rings. The maximum absolute atomic E-state index is 12.3. The van der Waals surface area contributed by atoms with Crippen molar-refractivity contribution in [1.29, 1.82) is 0 Å². The summed E-state index contributed by atoms with van der Waals surface area (Å²) in [5.74, 6) is 0.726. The first-order chi connectivity index (χ1) is 8.61. The van der Waals surface area contributed by atoms with Crippen molar-refractivity contribution in [3.63, 3.8) is 0 Å². The Balaban J connectivity index is 2.27. The van der Waals surface area contributed by atoms with Crippen LogP contribution in [0.25, 0.3) is 5.57 Å². The third kappa shape index (κ3) is 1.27. The van der Waals surface area contributed by atoms with Crippen LogP contribution < -0.4 is 4.90 Å². The summed E-state index contributed by atoms with van der Waals surface area (Å²) in [5.41, 5.74) is 4.75. The number of anilines is 2. The average Bonchev–Trinajstić information content (AvgIpc) is 2.93. The van der Waals surface area contributed by atoms with Gasteiger partial charge in [0.25, 0.3) is 5.91 Å². The van der Waals surface area contributed by atoms with E-state index in [4.69, 9.17) is 0 Å². The molecule has 1 amide bonds. The lowest BCUT2D eigenvalue weighted by molar-refractivity contribution is -0.112. The van der Waals surface area contributed by atoms with E-state index in [1.54, 1.807) is 4.90 Å². The predicted molar refractivity (Wildman–Crippen MR) is 72.9 cm³/mol. The summed E-state index contributed by atoms with van der Waals surface area (Å²) in [6.45, 7) is 8.01. The molecule has 0 radical (unpaired) electrons. The van der Waals surface area contributed by atoms with Gasteiger partial charge in [-0.1, -0.05) is 12.6 Å². The van der Waals surface area contributed by atoms with Crippen LogP contribution in [-0.2, 0) is 4.79 Å². The van der Waals surface area contributed by atoms with Crippen LogP contribution in [-0.4, -0.2) is 10.9 Å². The van der Waals surface area contributed by atoms with Gasteiger partial charge >= 0.3 is 0 Å². The first-order valence-electron chi connectivity index (χ1n) is 5.88. The highest BCUT2D eigenvalue weighted by atomic mass is 16.2. The van der Waals surface area contributed by atoms with Crippen molar-refractivity contribution in [2.75, 3.05) is 4.90 Å². The van der Waals surface area contributed by atoms with Gasteiger partial charge in [-0.25, -0.2) is 0 Å². The number of amides is 1. The third-order valence-electron chi connectivity index (χ3n) is 3.54. The molecule has 0 spiro atoms. The molecule has 1 aromatic carbocycles. The van der Waals surface area contributed by atoms with Gasteiger partial charge < -0.3 is 4.98 Å². The van der Waals surface area contributed by atoms with Gasteiger partial charge in [0.2, 0.25) is 0 Å². The number of aromatic nitrogens is 1. The van der Waals surface area contributed by atoms with Crippen molar-refractivity contribution in [3.8, 4) is 0 Å². The summed E-state index contributed by atoms with van der Waals surface area (Å²) < 4.78 is 0. The molecule has 0 bridgehead atoms. The van der Waals surface area contributed by atoms with Gasteiger partial charge in [0.05, 0.1) is 5.69 Å². The molecule has 2 heterocycles.